The van der Waals surface area contributed by atoms with E-state index in [4.69, 9.17) is 5.11 Å². The molecule has 0 bridgehead atoms. The largest absolute Gasteiger partial charge is 0.396 e. The molecule has 1 saturated heterocycles. The highest BCUT2D eigenvalue weighted by Gasteiger charge is 2.17. The number of aliphatic hydroxyl groups excluding tert-OH is 2. The predicted octanol–water partition coefficient (Wildman–Crippen LogP) is 0.462. The molecule has 1 unspecified atom stereocenters. The van der Waals surface area contributed by atoms with Crippen LogP contribution >= 0.6 is 0 Å². The van der Waals surface area contributed by atoms with Crippen LogP contribution in [-0.2, 0) is 0 Å². The molecule has 0 aromatic rings. The minimum atomic E-state index is -0.252. The lowest BCUT2D eigenvalue weighted by atomic mass is 10.1. The summed E-state index contributed by atoms with van der Waals surface area (Å²) in [6, 6.07) is 0. The molecule has 1 rings (SSSR count). The van der Waals surface area contributed by atoms with Crippen LogP contribution in [0.4, 0.5) is 0 Å². The van der Waals surface area contributed by atoms with E-state index in [1.807, 2.05) is 6.92 Å². The smallest absolute Gasteiger partial charge is 0.0639 e. The highest BCUT2D eigenvalue weighted by molar-refractivity contribution is 4.71. The van der Waals surface area contributed by atoms with E-state index in [1.165, 1.54) is 12.8 Å². The second-order valence-electron chi connectivity index (χ2n) is 4.15. The molecule has 2 N–H and O–H groups in total. The van der Waals surface area contributed by atoms with Crippen molar-refractivity contribution in [3.63, 3.8) is 0 Å². The molecular formula is C10H21NO2. The molecule has 0 aromatic heterocycles. The first-order valence-electron chi connectivity index (χ1n) is 5.23. The number of nitrogens with zero attached hydrogens (tertiary/aromatic N) is 1. The van der Waals surface area contributed by atoms with Gasteiger partial charge in [-0.3, -0.25) is 0 Å². The van der Waals surface area contributed by atoms with Crippen LogP contribution in [0.15, 0.2) is 0 Å². The number of aliphatic hydroxyl groups is 2. The summed E-state index contributed by atoms with van der Waals surface area (Å²) in [5, 5.41) is 18.3. The van der Waals surface area contributed by atoms with Crippen molar-refractivity contribution in [2.45, 2.75) is 32.3 Å². The van der Waals surface area contributed by atoms with Gasteiger partial charge in [-0.2, -0.15) is 0 Å². The van der Waals surface area contributed by atoms with Crippen LogP contribution in [-0.4, -0.2) is 47.5 Å². The molecule has 3 heteroatoms. The fourth-order valence-electron chi connectivity index (χ4n) is 2.00. The highest BCUT2D eigenvalue weighted by Crippen LogP contribution is 2.15. The van der Waals surface area contributed by atoms with Crippen LogP contribution in [0.5, 0.6) is 0 Å². The van der Waals surface area contributed by atoms with Crippen LogP contribution in [0, 0.1) is 5.92 Å². The van der Waals surface area contributed by atoms with Gasteiger partial charge in [-0.05, 0) is 32.2 Å². The van der Waals surface area contributed by atoms with Crippen molar-refractivity contribution < 1.29 is 10.2 Å². The summed E-state index contributed by atoms with van der Waals surface area (Å²) >= 11 is 0. The summed E-state index contributed by atoms with van der Waals surface area (Å²) in [5.41, 5.74) is 0. The van der Waals surface area contributed by atoms with Crippen molar-refractivity contribution in [2.75, 3.05) is 26.2 Å². The van der Waals surface area contributed by atoms with Crippen molar-refractivity contribution in [1.29, 1.82) is 0 Å². The van der Waals surface area contributed by atoms with E-state index in [0.29, 0.717) is 5.92 Å². The third-order valence-electron chi connectivity index (χ3n) is 2.63. The molecule has 0 radical (unpaired) electrons. The fraction of sp³-hybridized carbons (Fsp3) is 1.00. The Bertz CT molecular complexity index is 139. The van der Waals surface area contributed by atoms with Crippen LogP contribution < -0.4 is 0 Å². The van der Waals surface area contributed by atoms with Crippen LogP contribution in [0.3, 0.4) is 0 Å². The quantitative estimate of drug-likeness (QED) is 0.674. The van der Waals surface area contributed by atoms with E-state index >= 15 is 0 Å². The molecule has 78 valence electrons. The molecule has 3 nitrogen and oxygen atoms in total. The van der Waals surface area contributed by atoms with Gasteiger partial charge in [0.15, 0.2) is 0 Å². The first-order valence-corrected chi connectivity index (χ1v) is 5.23. The molecule has 1 aliphatic heterocycles. The summed E-state index contributed by atoms with van der Waals surface area (Å²) in [6.45, 7) is 4.87. The van der Waals surface area contributed by atoms with E-state index in [0.717, 1.165) is 26.1 Å². The Kier molecular flexibility index (Phi) is 4.70. The van der Waals surface area contributed by atoms with Gasteiger partial charge in [-0.25, -0.2) is 0 Å². The Labute approximate surface area is 80.4 Å². The molecule has 0 aliphatic carbocycles. The molecule has 1 fully saturated rings. The maximum Gasteiger partial charge on any atom is 0.0639 e. The molecule has 0 aromatic carbocycles. The lowest BCUT2D eigenvalue weighted by Gasteiger charge is -2.24. The fourth-order valence-corrected chi connectivity index (χ4v) is 2.00. The van der Waals surface area contributed by atoms with E-state index in [-0.39, 0.29) is 12.7 Å². The molecule has 2 atom stereocenters. The maximum atomic E-state index is 9.25. The Morgan fingerprint density at radius 1 is 1.46 bits per heavy atom. The van der Waals surface area contributed by atoms with Gasteiger partial charge in [0, 0.05) is 19.7 Å². The predicted molar refractivity (Wildman–Crippen MR) is 52.5 cm³/mol. The van der Waals surface area contributed by atoms with Crippen LogP contribution in [0.2, 0.25) is 0 Å². The molecule has 0 saturated carbocycles. The van der Waals surface area contributed by atoms with Gasteiger partial charge in [-0.1, -0.05) is 6.42 Å². The Balaban J connectivity index is 2.35. The topological polar surface area (TPSA) is 43.7 Å². The van der Waals surface area contributed by atoms with Gasteiger partial charge < -0.3 is 15.1 Å². The van der Waals surface area contributed by atoms with Crippen molar-refractivity contribution in [3.8, 4) is 0 Å². The Morgan fingerprint density at radius 2 is 2.23 bits per heavy atom. The second-order valence-corrected chi connectivity index (χ2v) is 4.15. The molecule has 0 amide bonds. The molecule has 13 heavy (non-hydrogen) atoms. The monoisotopic (exact) mass is 187 g/mol. The van der Waals surface area contributed by atoms with Gasteiger partial charge in [0.05, 0.1) is 6.10 Å². The zero-order chi connectivity index (χ0) is 9.68. The standard InChI is InChI=1S/C10H21NO2/c1-9(13)6-11-5-3-2-4-10(7-11)8-12/h9-10,12-13H,2-8H2,1H3/t9-,10?/m1/s1. The summed E-state index contributed by atoms with van der Waals surface area (Å²) in [4.78, 5) is 2.26. The van der Waals surface area contributed by atoms with E-state index in [9.17, 15) is 5.11 Å². The first kappa shape index (κ1) is 11.0. The first-order chi connectivity index (χ1) is 6.22. The van der Waals surface area contributed by atoms with Crippen LogP contribution in [0.1, 0.15) is 26.2 Å². The van der Waals surface area contributed by atoms with Gasteiger partial charge >= 0.3 is 0 Å². The Morgan fingerprint density at radius 3 is 2.85 bits per heavy atom. The molecule has 0 spiro atoms. The molecule has 1 aliphatic rings. The van der Waals surface area contributed by atoms with E-state index in [1.54, 1.807) is 0 Å². The minimum Gasteiger partial charge on any atom is -0.396 e. The van der Waals surface area contributed by atoms with Crippen LogP contribution in [0.25, 0.3) is 0 Å². The lowest BCUT2D eigenvalue weighted by molar-refractivity contribution is 0.108. The lowest BCUT2D eigenvalue weighted by Crippen LogP contribution is -2.35. The third kappa shape index (κ3) is 4.07. The number of likely N-dealkylation sites (tertiary alicyclic amines) is 1. The normalized spacial score (nSPS) is 28.4. The van der Waals surface area contributed by atoms with Crippen molar-refractivity contribution in [2.24, 2.45) is 5.92 Å². The Hall–Kier alpha value is -0.120. The van der Waals surface area contributed by atoms with Gasteiger partial charge in [0.2, 0.25) is 0 Å². The summed E-state index contributed by atoms with van der Waals surface area (Å²) in [5.74, 6) is 0.418. The zero-order valence-electron chi connectivity index (χ0n) is 8.45. The second kappa shape index (κ2) is 5.58. The maximum absolute atomic E-state index is 9.25. The average molecular weight is 187 g/mol. The van der Waals surface area contributed by atoms with Gasteiger partial charge in [0.1, 0.15) is 0 Å². The van der Waals surface area contributed by atoms with Crippen molar-refractivity contribution in [1.82, 2.24) is 4.90 Å². The third-order valence-corrected chi connectivity index (χ3v) is 2.63. The average Bonchev–Trinajstić information content (AvgIpc) is 2.28. The number of hydrogen-bond acceptors (Lipinski definition) is 3. The summed E-state index contributed by atoms with van der Waals surface area (Å²) < 4.78 is 0. The number of β-amino-alcohol motifs (C(OH)–C–C–N with tert-alkyl or cyclic N) is 1. The number of hydrogen-bond donors (Lipinski definition) is 2. The van der Waals surface area contributed by atoms with Gasteiger partial charge in [-0.15, -0.1) is 0 Å². The van der Waals surface area contributed by atoms with Gasteiger partial charge in [0.25, 0.3) is 0 Å². The van der Waals surface area contributed by atoms with Crippen molar-refractivity contribution in [3.05, 3.63) is 0 Å². The minimum absolute atomic E-state index is 0.252. The summed E-state index contributed by atoms with van der Waals surface area (Å²) in [6.07, 6.45) is 3.29. The van der Waals surface area contributed by atoms with Crippen molar-refractivity contribution >= 4 is 0 Å². The zero-order valence-corrected chi connectivity index (χ0v) is 8.45. The van der Waals surface area contributed by atoms with E-state index in [2.05, 4.69) is 4.90 Å². The number of rotatable bonds is 3. The SMILES string of the molecule is C[C@@H](O)CN1CCCCC(CO)C1. The molecular weight excluding hydrogens is 166 g/mol. The summed E-state index contributed by atoms with van der Waals surface area (Å²) in [7, 11) is 0. The van der Waals surface area contributed by atoms with E-state index < -0.39 is 0 Å². The highest BCUT2D eigenvalue weighted by atomic mass is 16.3. The molecule has 1 heterocycles.